The largest absolute Gasteiger partial charge is 0.396 e. The lowest BCUT2D eigenvalue weighted by atomic mass is 9.97. The van der Waals surface area contributed by atoms with Gasteiger partial charge in [-0.2, -0.15) is 0 Å². The molecular weight excluding hydrogens is 198 g/mol. The third kappa shape index (κ3) is 3.29. The van der Waals surface area contributed by atoms with Crippen molar-refractivity contribution in [1.82, 2.24) is 0 Å². The van der Waals surface area contributed by atoms with Crippen LogP contribution in [-0.4, -0.2) is 11.7 Å². The van der Waals surface area contributed by atoms with Crippen LogP contribution in [0.1, 0.15) is 30.5 Å². The molecule has 0 aliphatic heterocycles. The molecule has 0 radical (unpaired) electrons. The maximum atomic E-state index is 8.78. The van der Waals surface area contributed by atoms with Crippen LogP contribution < -0.4 is 5.73 Å². The molecule has 3 N–H and O–H groups in total. The van der Waals surface area contributed by atoms with E-state index in [4.69, 9.17) is 10.8 Å². The van der Waals surface area contributed by atoms with E-state index in [9.17, 15) is 0 Å². The standard InChI is InChI=1S/C11H17NO.ClH/c1-2-9-5-3-4-6-10(9)11(12)7-8-13;/h3-6,11,13H,2,7-8,12H2,1H3;1H. The van der Waals surface area contributed by atoms with E-state index in [2.05, 4.69) is 13.0 Å². The summed E-state index contributed by atoms with van der Waals surface area (Å²) >= 11 is 0. The predicted molar refractivity (Wildman–Crippen MR) is 61.7 cm³/mol. The summed E-state index contributed by atoms with van der Waals surface area (Å²) in [5.74, 6) is 0. The van der Waals surface area contributed by atoms with E-state index in [1.807, 2.05) is 18.2 Å². The van der Waals surface area contributed by atoms with Crippen LogP contribution in [0, 0.1) is 0 Å². The molecule has 3 heteroatoms. The van der Waals surface area contributed by atoms with Gasteiger partial charge in [0.25, 0.3) is 0 Å². The molecule has 0 heterocycles. The van der Waals surface area contributed by atoms with Crippen LogP contribution in [0.3, 0.4) is 0 Å². The van der Waals surface area contributed by atoms with Gasteiger partial charge in [-0.3, -0.25) is 0 Å². The second-order valence-corrected chi connectivity index (χ2v) is 3.17. The lowest BCUT2D eigenvalue weighted by molar-refractivity contribution is 0.276. The number of hydrogen-bond acceptors (Lipinski definition) is 2. The van der Waals surface area contributed by atoms with Gasteiger partial charge in [-0.1, -0.05) is 31.2 Å². The van der Waals surface area contributed by atoms with Gasteiger partial charge in [0.05, 0.1) is 0 Å². The quantitative estimate of drug-likeness (QED) is 0.808. The molecule has 0 amide bonds. The fourth-order valence-corrected chi connectivity index (χ4v) is 1.51. The number of aryl methyl sites for hydroxylation is 1. The highest BCUT2D eigenvalue weighted by molar-refractivity contribution is 5.85. The van der Waals surface area contributed by atoms with Crippen molar-refractivity contribution in [3.05, 3.63) is 35.4 Å². The minimum atomic E-state index is -0.0267. The van der Waals surface area contributed by atoms with Crippen molar-refractivity contribution in [2.24, 2.45) is 5.73 Å². The summed E-state index contributed by atoms with van der Waals surface area (Å²) < 4.78 is 0. The second-order valence-electron chi connectivity index (χ2n) is 3.17. The first-order valence-electron chi connectivity index (χ1n) is 4.73. The van der Waals surface area contributed by atoms with Crippen molar-refractivity contribution in [3.8, 4) is 0 Å². The summed E-state index contributed by atoms with van der Waals surface area (Å²) in [6.07, 6.45) is 1.63. The van der Waals surface area contributed by atoms with Gasteiger partial charge in [-0.25, -0.2) is 0 Å². The number of nitrogens with two attached hydrogens (primary N) is 1. The Morgan fingerprint density at radius 3 is 2.57 bits per heavy atom. The third-order valence-corrected chi connectivity index (χ3v) is 2.28. The minimum absolute atomic E-state index is 0. The molecule has 1 aromatic carbocycles. The molecule has 0 aliphatic rings. The Morgan fingerprint density at radius 2 is 2.00 bits per heavy atom. The van der Waals surface area contributed by atoms with Crippen LogP contribution in [0.2, 0.25) is 0 Å². The predicted octanol–water partition coefficient (Wildman–Crippen LogP) is 2.05. The smallest absolute Gasteiger partial charge is 0.0449 e. The molecule has 80 valence electrons. The summed E-state index contributed by atoms with van der Waals surface area (Å²) in [7, 11) is 0. The highest BCUT2D eigenvalue weighted by Gasteiger charge is 2.07. The normalized spacial score (nSPS) is 11.9. The van der Waals surface area contributed by atoms with Crippen molar-refractivity contribution in [3.63, 3.8) is 0 Å². The first kappa shape index (κ1) is 13.4. The van der Waals surface area contributed by atoms with Crippen LogP contribution in [0.4, 0.5) is 0 Å². The summed E-state index contributed by atoms with van der Waals surface area (Å²) in [5.41, 5.74) is 8.37. The molecule has 2 nitrogen and oxygen atoms in total. The van der Waals surface area contributed by atoms with Gasteiger partial charge in [0.2, 0.25) is 0 Å². The lowest BCUT2D eigenvalue weighted by Gasteiger charge is -2.14. The number of benzene rings is 1. The molecule has 0 saturated heterocycles. The summed E-state index contributed by atoms with van der Waals surface area (Å²) in [6, 6.07) is 8.12. The van der Waals surface area contributed by atoms with Crippen molar-refractivity contribution >= 4 is 12.4 Å². The van der Waals surface area contributed by atoms with Gasteiger partial charge < -0.3 is 10.8 Å². The Bertz CT molecular complexity index is 265. The second kappa shape index (κ2) is 6.82. The molecule has 0 aliphatic carbocycles. The number of aliphatic hydroxyl groups excluding tert-OH is 1. The van der Waals surface area contributed by atoms with Crippen molar-refractivity contribution in [1.29, 1.82) is 0 Å². The topological polar surface area (TPSA) is 46.2 Å². The monoisotopic (exact) mass is 215 g/mol. The Hall–Kier alpha value is -0.570. The van der Waals surface area contributed by atoms with Crippen molar-refractivity contribution in [2.75, 3.05) is 6.61 Å². The molecule has 0 saturated carbocycles. The maximum absolute atomic E-state index is 8.78. The average molecular weight is 216 g/mol. The SMILES string of the molecule is CCc1ccccc1C(N)CCO.Cl. The van der Waals surface area contributed by atoms with E-state index < -0.39 is 0 Å². The molecular formula is C11H18ClNO. The van der Waals surface area contributed by atoms with E-state index in [0.717, 1.165) is 6.42 Å². The van der Waals surface area contributed by atoms with Crippen LogP contribution >= 0.6 is 12.4 Å². The van der Waals surface area contributed by atoms with E-state index in [1.165, 1.54) is 11.1 Å². The van der Waals surface area contributed by atoms with Crippen LogP contribution in [0.5, 0.6) is 0 Å². The van der Waals surface area contributed by atoms with Gasteiger partial charge in [0.1, 0.15) is 0 Å². The van der Waals surface area contributed by atoms with Crippen molar-refractivity contribution in [2.45, 2.75) is 25.8 Å². The highest BCUT2D eigenvalue weighted by atomic mass is 35.5. The molecule has 1 rings (SSSR count). The fraction of sp³-hybridized carbons (Fsp3) is 0.455. The van der Waals surface area contributed by atoms with Crippen molar-refractivity contribution < 1.29 is 5.11 Å². The van der Waals surface area contributed by atoms with Gasteiger partial charge in [-0.05, 0) is 24.0 Å². The van der Waals surface area contributed by atoms with E-state index in [0.29, 0.717) is 6.42 Å². The van der Waals surface area contributed by atoms with Crippen LogP contribution in [0.15, 0.2) is 24.3 Å². The van der Waals surface area contributed by atoms with Gasteiger partial charge in [-0.15, -0.1) is 12.4 Å². The summed E-state index contributed by atoms with van der Waals surface area (Å²) in [6.45, 7) is 2.27. The Balaban J connectivity index is 0.00000169. The number of rotatable bonds is 4. The third-order valence-electron chi connectivity index (χ3n) is 2.28. The molecule has 0 aromatic heterocycles. The minimum Gasteiger partial charge on any atom is -0.396 e. The first-order valence-corrected chi connectivity index (χ1v) is 4.73. The van der Waals surface area contributed by atoms with E-state index in [1.54, 1.807) is 0 Å². The molecule has 1 atom stereocenters. The molecule has 0 fully saturated rings. The van der Waals surface area contributed by atoms with Gasteiger partial charge in [0.15, 0.2) is 0 Å². The van der Waals surface area contributed by atoms with Gasteiger partial charge >= 0.3 is 0 Å². The van der Waals surface area contributed by atoms with E-state index >= 15 is 0 Å². The first-order chi connectivity index (χ1) is 6.29. The Labute approximate surface area is 91.5 Å². The highest BCUT2D eigenvalue weighted by Crippen LogP contribution is 2.18. The molecule has 0 spiro atoms. The van der Waals surface area contributed by atoms with Gasteiger partial charge in [0, 0.05) is 12.6 Å². The fourth-order valence-electron chi connectivity index (χ4n) is 1.51. The van der Waals surface area contributed by atoms with Crippen LogP contribution in [0.25, 0.3) is 0 Å². The molecule has 14 heavy (non-hydrogen) atoms. The summed E-state index contributed by atoms with van der Waals surface area (Å²) in [5, 5.41) is 8.78. The summed E-state index contributed by atoms with van der Waals surface area (Å²) in [4.78, 5) is 0. The maximum Gasteiger partial charge on any atom is 0.0449 e. The Morgan fingerprint density at radius 1 is 1.36 bits per heavy atom. The number of aliphatic hydroxyl groups is 1. The van der Waals surface area contributed by atoms with E-state index in [-0.39, 0.29) is 25.1 Å². The molecule has 1 unspecified atom stereocenters. The number of hydrogen-bond donors (Lipinski definition) is 2. The lowest BCUT2D eigenvalue weighted by Crippen LogP contribution is -2.13. The zero-order valence-electron chi connectivity index (χ0n) is 8.44. The average Bonchev–Trinajstić information content (AvgIpc) is 2.18. The number of halogens is 1. The van der Waals surface area contributed by atoms with Crippen LogP contribution in [-0.2, 0) is 6.42 Å². The molecule has 0 bridgehead atoms. The Kier molecular flexibility index (Phi) is 6.54. The zero-order chi connectivity index (χ0) is 9.68. The zero-order valence-corrected chi connectivity index (χ0v) is 9.26. The molecule has 1 aromatic rings.